The molecule has 2 heteroatoms. The second-order valence-electron chi connectivity index (χ2n) is 6.05. The van der Waals surface area contributed by atoms with E-state index >= 15 is 0 Å². The number of aryl methyl sites for hydroxylation is 1. The van der Waals surface area contributed by atoms with Crippen molar-refractivity contribution < 1.29 is 0 Å². The van der Waals surface area contributed by atoms with E-state index in [1.165, 1.54) is 34.3 Å². The number of fused-ring (bicyclic) bond motifs is 1. The predicted molar refractivity (Wildman–Crippen MR) is 91.0 cm³/mol. The molecule has 20 heavy (non-hydrogen) atoms. The van der Waals surface area contributed by atoms with Crippen molar-refractivity contribution in [2.45, 2.75) is 38.7 Å². The van der Waals surface area contributed by atoms with Gasteiger partial charge in [0.1, 0.15) is 0 Å². The summed E-state index contributed by atoms with van der Waals surface area (Å²) in [4.78, 5) is 0. The Morgan fingerprint density at radius 3 is 2.35 bits per heavy atom. The maximum Gasteiger partial charge on any atom is 0.217 e. The molecule has 0 nitrogen and oxygen atoms in total. The Morgan fingerprint density at radius 2 is 1.60 bits per heavy atom. The molecule has 1 aliphatic heterocycles. The van der Waals surface area contributed by atoms with Gasteiger partial charge in [0.2, 0.25) is 7.38 Å². The van der Waals surface area contributed by atoms with Crippen LogP contribution in [0.25, 0.3) is 0 Å². The molecule has 104 valence electrons. The molecule has 0 saturated heterocycles. The molecule has 0 bridgehead atoms. The van der Waals surface area contributed by atoms with E-state index in [9.17, 15) is 0 Å². The fraction of sp³-hybridized carbons (Fsp3) is 0.333. The minimum atomic E-state index is -2.07. The Morgan fingerprint density at radius 1 is 0.950 bits per heavy atom. The standard InChI is InChI=1S/C18H21ClSi/c1-14(2)16-10-4-6-12-18(16)20(19)13-7-9-15-8-3-5-11-17(15)20/h3-6,8,10-12,14H,7,9,13H2,1-2H3/t20-/m1/s1. The summed E-state index contributed by atoms with van der Waals surface area (Å²) in [5.41, 5.74) is 2.91. The fourth-order valence-electron chi connectivity index (χ4n) is 3.42. The van der Waals surface area contributed by atoms with E-state index in [0.717, 1.165) is 6.04 Å². The molecule has 0 radical (unpaired) electrons. The first-order valence-corrected chi connectivity index (χ1v) is 10.7. The van der Waals surface area contributed by atoms with Gasteiger partial charge in [-0.1, -0.05) is 62.4 Å². The monoisotopic (exact) mass is 300 g/mol. The van der Waals surface area contributed by atoms with Gasteiger partial charge in [0.25, 0.3) is 0 Å². The molecular weight excluding hydrogens is 280 g/mol. The van der Waals surface area contributed by atoms with Gasteiger partial charge in [-0.3, -0.25) is 0 Å². The number of halogens is 1. The van der Waals surface area contributed by atoms with E-state index in [1.54, 1.807) is 0 Å². The van der Waals surface area contributed by atoms with Crippen molar-refractivity contribution >= 4 is 28.8 Å². The smallest absolute Gasteiger partial charge is 0.155 e. The molecule has 1 atom stereocenters. The van der Waals surface area contributed by atoms with Crippen molar-refractivity contribution in [3.8, 4) is 0 Å². The highest BCUT2D eigenvalue weighted by molar-refractivity contribution is 7.34. The van der Waals surface area contributed by atoms with Gasteiger partial charge in [0.05, 0.1) is 0 Å². The lowest BCUT2D eigenvalue weighted by Gasteiger charge is -2.34. The lowest BCUT2D eigenvalue weighted by Crippen LogP contribution is -2.57. The maximum atomic E-state index is 7.32. The van der Waals surface area contributed by atoms with Gasteiger partial charge in [0, 0.05) is 0 Å². The van der Waals surface area contributed by atoms with Crippen LogP contribution in [0.5, 0.6) is 0 Å². The molecule has 1 heterocycles. The minimum Gasteiger partial charge on any atom is -0.155 e. The third kappa shape index (κ3) is 2.23. The Kier molecular flexibility index (Phi) is 3.74. The Hall–Kier alpha value is -1.05. The summed E-state index contributed by atoms with van der Waals surface area (Å²) in [6, 6.07) is 18.8. The number of hydrogen-bond acceptors (Lipinski definition) is 0. The molecule has 2 aromatic carbocycles. The van der Waals surface area contributed by atoms with Gasteiger partial charge in [0.15, 0.2) is 0 Å². The second kappa shape index (κ2) is 5.38. The first kappa shape index (κ1) is 13.9. The highest BCUT2D eigenvalue weighted by Crippen LogP contribution is 2.28. The van der Waals surface area contributed by atoms with Crippen LogP contribution in [0.15, 0.2) is 48.5 Å². The van der Waals surface area contributed by atoms with Crippen molar-refractivity contribution in [2.24, 2.45) is 0 Å². The zero-order valence-corrected chi connectivity index (χ0v) is 14.0. The minimum absolute atomic E-state index is 0.531. The molecule has 0 N–H and O–H groups in total. The third-order valence-corrected chi connectivity index (χ3v) is 9.90. The number of rotatable bonds is 2. The summed E-state index contributed by atoms with van der Waals surface area (Å²) in [6.07, 6.45) is 2.40. The molecule has 2 aromatic rings. The average molecular weight is 301 g/mol. The van der Waals surface area contributed by atoms with Crippen LogP contribution in [0.4, 0.5) is 0 Å². The summed E-state index contributed by atoms with van der Waals surface area (Å²) < 4.78 is 0. The Balaban J connectivity index is 2.20. The van der Waals surface area contributed by atoms with Crippen LogP contribution in [0.2, 0.25) is 6.04 Å². The van der Waals surface area contributed by atoms with Gasteiger partial charge in [-0.15, -0.1) is 0 Å². The van der Waals surface area contributed by atoms with Crippen molar-refractivity contribution in [2.75, 3.05) is 0 Å². The normalized spacial score (nSPS) is 21.8. The topological polar surface area (TPSA) is 0 Å². The summed E-state index contributed by atoms with van der Waals surface area (Å²) >= 11 is 7.32. The molecular formula is C18H21ClSi. The fourth-order valence-corrected chi connectivity index (χ4v) is 8.65. The highest BCUT2D eigenvalue weighted by atomic mass is 35.6. The Bertz CT molecular complexity index is 620. The van der Waals surface area contributed by atoms with Gasteiger partial charge < -0.3 is 0 Å². The molecule has 0 saturated carbocycles. The summed E-state index contributed by atoms with van der Waals surface area (Å²) in [7, 11) is -2.07. The van der Waals surface area contributed by atoms with Crippen LogP contribution in [0.1, 0.15) is 37.3 Å². The average Bonchev–Trinajstić information content (AvgIpc) is 2.48. The molecule has 0 aliphatic carbocycles. The SMILES string of the molecule is CC(C)c1ccccc1[Si@@]1(Cl)CCCc2ccccc21. The van der Waals surface area contributed by atoms with Crippen molar-refractivity contribution in [3.05, 3.63) is 59.7 Å². The van der Waals surface area contributed by atoms with E-state index in [0.29, 0.717) is 5.92 Å². The molecule has 0 aromatic heterocycles. The third-order valence-electron chi connectivity index (χ3n) is 4.42. The first-order chi connectivity index (χ1) is 9.63. The predicted octanol–water partition coefficient (Wildman–Crippen LogP) is 4.05. The van der Waals surface area contributed by atoms with Crippen LogP contribution in [0, 0.1) is 0 Å². The number of benzene rings is 2. The zero-order chi connectivity index (χ0) is 14.2. The van der Waals surface area contributed by atoms with Gasteiger partial charge in [-0.2, -0.15) is 11.1 Å². The van der Waals surface area contributed by atoms with E-state index in [1.807, 2.05) is 0 Å². The van der Waals surface area contributed by atoms with Crippen molar-refractivity contribution in [1.82, 2.24) is 0 Å². The molecule has 3 rings (SSSR count). The van der Waals surface area contributed by atoms with E-state index in [4.69, 9.17) is 11.1 Å². The molecule has 0 amide bonds. The molecule has 1 aliphatic rings. The molecule has 0 spiro atoms. The molecule has 0 fully saturated rings. The van der Waals surface area contributed by atoms with Gasteiger partial charge >= 0.3 is 0 Å². The van der Waals surface area contributed by atoms with Crippen molar-refractivity contribution in [1.29, 1.82) is 0 Å². The van der Waals surface area contributed by atoms with Gasteiger partial charge in [-0.05, 0) is 46.3 Å². The van der Waals surface area contributed by atoms with Crippen molar-refractivity contribution in [3.63, 3.8) is 0 Å². The largest absolute Gasteiger partial charge is 0.217 e. The van der Waals surface area contributed by atoms with Crippen LogP contribution < -0.4 is 10.4 Å². The first-order valence-electron chi connectivity index (χ1n) is 7.49. The highest BCUT2D eigenvalue weighted by Gasteiger charge is 2.40. The van der Waals surface area contributed by atoms with Crippen LogP contribution in [-0.4, -0.2) is 7.38 Å². The van der Waals surface area contributed by atoms with Crippen LogP contribution >= 0.6 is 11.1 Å². The van der Waals surface area contributed by atoms with Crippen LogP contribution in [0.3, 0.4) is 0 Å². The zero-order valence-electron chi connectivity index (χ0n) is 12.2. The summed E-state index contributed by atoms with van der Waals surface area (Å²) in [6.45, 7) is 4.53. The lowest BCUT2D eigenvalue weighted by atomic mass is 10.0. The molecule has 0 unspecified atom stereocenters. The Labute approximate surface area is 127 Å². The maximum absolute atomic E-state index is 7.32. The summed E-state index contributed by atoms with van der Waals surface area (Å²) in [5.74, 6) is 0.531. The second-order valence-corrected chi connectivity index (χ2v) is 11.2. The van der Waals surface area contributed by atoms with E-state index < -0.39 is 7.38 Å². The van der Waals surface area contributed by atoms with E-state index in [2.05, 4.69) is 62.4 Å². The quantitative estimate of drug-likeness (QED) is 0.580. The van der Waals surface area contributed by atoms with Gasteiger partial charge in [-0.25, -0.2) is 0 Å². The van der Waals surface area contributed by atoms with E-state index in [-0.39, 0.29) is 0 Å². The summed E-state index contributed by atoms with van der Waals surface area (Å²) in [5, 5.41) is 2.88. The lowest BCUT2D eigenvalue weighted by molar-refractivity contribution is 0.868. The van der Waals surface area contributed by atoms with Crippen LogP contribution in [-0.2, 0) is 6.42 Å². The number of hydrogen-bond donors (Lipinski definition) is 0.